The van der Waals surface area contributed by atoms with Crippen molar-refractivity contribution in [3.63, 3.8) is 0 Å². The lowest BCUT2D eigenvalue weighted by Crippen LogP contribution is -2.36. The summed E-state index contributed by atoms with van der Waals surface area (Å²) in [5.41, 5.74) is 1.11. The normalized spacial score (nSPS) is 20.7. The molecule has 2 heterocycles. The first-order valence-corrected chi connectivity index (χ1v) is 9.88. The highest BCUT2D eigenvalue weighted by Crippen LogP contribution is 2.56. The van der Waals surface area contributed by atoms with Gasteiger partial charge in [0.15, 0.2) is 0 Å². The van der Waals surface area contributed by atoms with Crippen molar-refractivity contribution in [3.8, 4) is 0 Å². The average Bonchev–Trinajstić information content (AvgIpc) is 3.12. The number of imidazole rings is 1. The van der Waals surface area contributed by atoms with Crippen LogP contribution in [-0.2, 0) is 19.6 Å². The summed E-state index contributed by atoms with van der Waals surface area (Å²) in [5.74, 6) is 0.833. The smallest absolute Gasteiger partial charge is 0.129 e. The highest BCUT2D eigenvalue weighted by Gasteiger charge is 2.56. The summed E-state index contributed by atoms with van der Waals surface area (Å²) >= 11 is 5.93. The summed E-state index contributed by atoms with van der Waals surface area (Å²) in [6, 6.07) is 5.50. The van der Waals surface area contributed by atoms with Crippen molar-refractivity contribution >= 4 is 24.0 Å². The third-order valence-electron chi connectivity index (χ3n) is 6.06. The molecule has 1 aliphatic heterocycles. The summed E-state index contributed by atoms with van der Waals surface area (Å²) in [6.45, 7) is 6.55. The first-order valence-electron chi connectivity index (χ1n) is 9.50. The van der Waals surface area contributed by atoms with Crippen molar-refractivity contribution in [3.05, 3.63) is 52.8 Å². The molecule has 4 nitrogen and oxygen atoms in total. The molecule has 148 valence electrons. The largest absolute Gasteiger partial charge is 0.334 e. The Kier molecular flexibility index (Phi) is 6.46. The van der Waals surface area contributed by atoms with E-state index in [9.17, 15) is 4.39 Å². The number of aromatic nitrogens is 2. The van der Waals surface area contributed by atoms with Crippen LogP contribution in [0.15, 0.2) is 30.6 Å². The number of nitrogens with zero attached hydrogens (tertiary/aromatic N) is 3. The van der Waals surface area contributed by atoms with Gasteiger partial charge in [-0.05, 0) is 56.8 Å². The zero-order valence-electron chi connectivity index (χ0n) is 15.6. The summed E-state index contributed by atoms with van der Waals surface area (Å²) in [4.78, 5) is 6.97. The highest BCUT2D eigenvalue weighted by molar-refractivity contribution is 6.30. The molecule has 1 unspecified atom stereocenters. The maximum absolute atomic E-state index is 14.4. The summed E-state index contributed by atoms with van der Waals surface area (Å²) in [7, 11) is 0. The first kappa shape index (κ1) is 20.6. The molecule has 2 aliphatic rings. The van der Waals surface area contributed by atoms with E-state index in [4.69, 9.17) is 11.6 Å². The van der Waals surface area contributed by atoms with E-state index in [1.807, 2.05) is 18.5 Å². The van der Waals surface area contributed by atoms with Crippen LogP contribution >= 0.6 is 24.0 Å². The van der Waals surface area contributed by atoms with Gasteiger partial charge in [-0.1, -0.05) is 17.7 Å². The van der Waals surface area contributed by atoms with E-state index in [2.05, 4.69) is 26.7 Å². The van der Waals surface area contributed by atoms with Crippen molar-refractivity contribution in [2.75, 3.05) is 13.1 Å². The lowest BCUT2D eigenvalue weighted by Gasteiger charge is -2.29. The van der Waals surface area contributed by atoms with E-state index >= 15 is 0 Å². The number of nitrogens with one attached hydrogen (secondary N) is 1. The fourth-order valence-corrected chi connectivity index (χ4v) is 4.57. The topological polar surface area (TPSA) is 33.1 Å². The number of halogens is 3. The molecule has 4 rings (SSSR count). The first-order chi connectivity index (χ1) is 12.6. The van der Waals surface area contributed by atoms with Gasteiger partial charge in [0.2, 0.25) is 0 Å². The van der Waals surface area contributed by atoms with Gasteiger partial charge >= 0.3 is 0 Å². The third-order valence-corrected chi connectivity index (χ3v) is 6.30. The molecule has 1 saturated heterocycles. The van der Waals surface area contributed by atoms with Crippen LogP contribution in [0.4, 0.5) is 4.39 Å². The van der Waals surface area contributed by atoms with Gasteiger partial charge in [0.1, 0.15) is 11.6 Å². The van der Waals surface area contributed by atoms with Crippen LogP contribution in [-0.4, -0.2) is 33.6 Å². The Morgan fingerprint density at radius 1 is 1.33 bits per heavy atom. The minimum absolute atomic E-state index is 0. The van der Waals surface area contributed by atoms with E-state index in [1.165, 1.54) is 25.3 Å². The maximum Gasteiger partial charge on any atom is 0.129 e. The van der Waals surface area contributed by atoms with Crippen LogP contribution in [0.3, 0.4) is 0 Å². The zero-order chi connectivity index (χ0) is 18.1. The van der Waals surface area contributed by atoms with Gasteiger partial charge in [0.25, 0.3) is 0 Å². The molecule has 7 heteroatoms. The quantitative estimate of drug-likeness (QED) is 0.768. The molecule has 1 aliphatic carbocycles. The van der Waals surface area contributed by atoms with Crippen LogP contribution in [0.1, 0.15) is 37.6 Å². The van der Waals surface area contributed by atoms with Crippen LogP contribution in [0, 0.1) is 11.2 Å². The number of benzene rings is 1. The lowest BCUT2D eigenvalue weighted by atomic mass is 9.93. The zero-order valence-corrected chi connectivity index (χ0v) is 17.2. The van der Waals surface area contributed by atoms with Crippen LogP contribution in [0.2, 0.25) is 5.02 Å². The fourth-order valence-electron chi connectivity index (χ4n) is 4.41. The maximum atomic E-state index is 14.4. The van der Waals surface area contributed by atoms with Crippen molar-refractivity contribution in [2.24, 2.45) is 5.41 Å². The Labute approximate surface area is 171 Å². The van der Waals surface area contributed by atoms with E-state index in [1.54, 1.807) is 6.07 Å². The molecular formula is C20H27Cl2FN4. The molecule has 1 saturated carbocycles. The third kappa shape index (κ3) is 4.32. The Morgan fingerprint density at radius 3 is 2.81 bits per heavy atom. The predicted octanol–water partition coefficient (Wildman–Crippen LogP) is 4.26. The molecule has 0 bridgehead atoms. The van der Waals surface area contributed by atoms with Crippen molar-refractivity contribution < 1.29 is 4.39 Å². The van der Waals surface area contributed by atoms with Crippen molar-refractivity contribution in [2.45, 2.75) is 51.9 Å². The van der Waals surface area contributed by atoms with Gasteiger partial charge < -0.3 is 9.88 Å². The van der Waals surface area contributed by atoms with Crippen LogP contribution in [0.5, 0.6) is 0 Å². The van der Waals surface area contributed by atoms with E-state index in [0.29, 0.717) is 28.6 Å². The van der Waals surface area contributed by atoms with E-state index in [0.717, 1.165) is 32.0 Å². The van der Waals surface area contributed by atoms with Crippen molar-refractivity contribution in [1.29, 1.82) is 0 Å². The highest BCUT2D eigenvalue weighted by atomic mass is 35.5. The van der Waals surface area contributed by atoms with Gasteiger partial charge in [0, 0.05) is 42.1 Å². The molecule has 0 amide bonds. The predicted molar refractivity (Wildman–Crippen MR) is 109 cm³/mol. The van der Waals surface area contributed by atoms with E-state index in [-0.39, 0.29) is 18.2 Å². The molecule has 1 spiro atoms. The minimum Gasteiger partial charge on any atom is -0.334 e. The molecule has 0 radical (unpaired) electrons. The number of hydrogen-bond acceptors (Lipinski definition) is 3. The van der Waals surface area contributed by atoms with Gasteiger partial charge in [-0.15, -0.1) is 12.4 Å². The Hall–Kier alpha value is -1.14. The minimum atomic E-state index is -0.221. The van der Waals surface area contributed by atoms with Crippen LogP contribution in [0.25, 0.3) is 0 Å². The number of rotatable bonds is 6. The monoisotopic (exact) mass is 412 g/mol. The standard InChI is InChI=1S/C20H26ClFN4.ClH/c1-2-25-10-9-24-19(25)14-26(13-15-3-4-16(21)11-17(15)22)18-12-20(18)5-7-23-8-6-20;/h3-4,9-11,18,23H,2,5-8,12-14H2,1H3;1H. The molecule has 1 atom stereocenters. The summed E-state index contributed by atoms with van der Waals surface area (Å²) in [6.07, 6.45) is 7.49. The molecule has 1 aromatic heterocycles. The second kappa shape index (κ2) is 8.48. The van der Waals surface area contributed by atoms with Gasteiger partial charge in [0.05, 0.1) is 6.54 Å². The average molecular weight is 413 g/mol. The fraction of sp³-hybridized carbons (Fsp3) is 0.550. The van der Waals surface area contributed by atoms with Crippen LogP contribution < -0.4 is 5.32 Å². The molecule has 1 aromatic carbocycles. The Balaban J connectivity index is 0.00000210. The number of piperidine rings is 1. The Bertz CT molecular complexity index is 773. The Morgan fingerprint density at radius 2 is 2.11 bits per heavy atom. The molecule has 1 N–H and O–H groups in total. The summed E-state index contributed by atoms with van der Waals surface area (Å²) in [5, 5.41) is 3.90. The number of aryl methyl sites for hydroxylation is 1. The SMILES string of the molecule is CCn1ccnc1CN(Cc1ccc(Cl)cc1F)C1CC12CCNCC2.Cl. The molecule has 2 fully saturated rings. The van der Waals surface area contributed by atoms with Gasteiger partial charge in [-0.2, -0.15) is 0 Å². The van der Waals surface area contributed by atoms with Gasteiger partial charge in [-0.3, -0.25) is 4.90 Å². The second-order valence-corrected chi connectivity index (χ2v) is 8.04. The number of hydrogen-bond donors (Lipinski definition) is 1. The van der Waals surface area contributed by atoms with Crippen molar-refractivity contribution in [1.82, 2.24) is 19.8 Å². The van der Waals surface area contributed by atoms with Gasteiger partial charge in [-0.25, -0.2) is 9.37 Å². The molecular weight excluding hydrogens is 386 g/mol. The molecule has 2 aromatic rings. The second-order valence-electron chi connectivity index (χ2n) is 7.60. The lowest BCUT2D eigenvalue weighted by molar-refractivity contribution is 0.180. The summed E-state index contributed by atoms with van der Waals surface area (Å²) < 4.78 is 16.6. The van der Waals surface area contributed by atoms with E-state index < -0.39 is 0 Å². The molecule has 27 heavy (non-hydrogen) atoms.